The zero-order valence-corrected chi connectivity index (χ0v) is 26.1. The van der Waals surface area contributed by atoms with E-state index in [1.165, 1.54) is 12.8 Å². The van der Waals surface area contributed by atoms with Crippen LogP contribution in [0.25, 0.3) is 16.9 Å². The molecule has 1 aliphatic heterocycles. The van der Waals surface area contributed by atoms with Crippen molar-refractivity contribution >= 4 is 40.5 Å². The molecule has 2 aromatic heterocycles. The van der Waals surface area contributed by atoms with Crippen LogP contribution in [0.1, 0.15) is 33.6 Å². The van der Waals surface area contributed by atoms with Crippen molar-refractivity contribution in [2.75, 3.05) is 63.0 Å². The molecule has 5 rings (SSSR count). The normalized spacial score (nSPS) is 12.3. The Balaban J connectivity index is 0.000000953. The molecule has 3 heterocycles. The molecule has 0 atom stereocenters. The van der Waals surface area contributed by atoms with E-state index in [0.717, 1.165) is 48.6 Å². The molecule has 11 nitrogen and oxygen atoms in total. The van der Waals surface area contributed by atoms with Gasteiger partial charge in [0.25, 0.3) is 0 Å². The van der Waals surface area contributed by atoms with Crippen molar-refractivity contribution in [3.8, 4) is 17.3 Å². The highest BCUT2D eigenvalue weighted by Crippen LogP contribution is 2.37. The number of benzene rings is 2. The van der Waals surface area contributed by atoms with E-state index in [-0.39, 0.29) is 0 Å². The topological polar surface area (TPSA) is 110 Å². The minimum atomic E-state index is 0.373. The van der Waals surface area contributed by atoms with Crippen LogP contribution in [0.2, 0.25) is 0 Å². The second kappa shape index (κ2) is 16.7. The molecule has 11 heteroatoms. The zero-order valence-electron chi connectivity index (χ0n) is 26.1. The fraction of sp³-hybridized carbons (Fsp3) is 0.375. The van der Waals surface area contributed by atoms with E-state index >= 15 is 0 Å². The van der Waals surface area contributed by atoms with Crippen molar-refractivity contribution in [1.82, 2.24) is 24.4 Å². The number of ether oxygens (including phenoxy) is 2. The highest BCUT2D eigenvalue weighted by Gasteiger charge is 2.17. The van der Waals surface area contributed by atoms with E-state index in [0.29, 0.717) is 35.3 Å². The summed E-state index contributed by atoms with van der Waals surface area (Å²) in [6.45, 7) is 13.3. The van der Waals surface area contributed by atoms with Gasteiger partial charge in [-0.15, -0.1) is 6.58 Å². The van der Waals surface area contributed by atoms with Gasteiger partial charge < -0.3 is 29.9 Å². The Morgan fingerprint density at radius 1 is 1.05 bits per heavy atom. The van der Waals surface area contributed by atoms with Crippen molar-refractivity contribution in [3.05, 3.63) is 61.6 Å². The van der Waals surface area contributed by atoms with Gasteiger partial charge in [0.15, 0.2) is 0 Å². The van der Waals surface area contributed by atoms with Gasteiger partial charge in [-0.2, -0.15) is 4.98 Å². The van der Waals surface area contributed by atoms with E-state index in [4.69, 9.17) is 14.5 Å². The number of hydrogen-bond donors (Lipinski definition) is 2. The van der Waals surface area contributed by atoms with Gasteiger partial charge in [0, 0.05) is 38.5 Å². The summed E-state index contributed by atoms with van der Waals surface area (Å²) >= 11 is 0. The van der Waals surface area contributed by atoms with Crippen molar-refractivity contribution in [2.45, 2.75) is 33.6 Å². The van der Waals surface area contributed by atoms with Crippen LogP contribution >= 0.6 is 0 Å². The van der Waals surface area contributed by atoms with Crippen LogP contribution in [0.5, 0.6) is 11.5 Å². The van der Waals surface area contributed by atoms with Crippen LogP contribution < -0.4 is 25.0 Å². The van der Waals surface area contributed by atoms with Crippen molar-refractivity contribution in [1.29, 1.82) is 0 Å². The Bertz CT molecular complexity index is 1470. The smallest absolute Gasteiger partial charge is 0.229 e. The van der Waals surface area contributed by atoms with Gasteiger partial charge in [-0.05, 0) is 57.1 Å². The molecule has 43 heavy (non-hydrogen) atoms. The van der Waals surface area contributed by atoms with E-state index in [1.807, 2.05) is 62.7 Å². The van der Waals surface area contributed by atoms with Crippen LogP contribution in [0.4, 0.5) is 23.0 Å². The molecular weight excluding hydrogens is 544 g/mol. The Kier molecular flexibility index (Phi) is 12.8. The summed E-state index contributed by atoms with van der Waals surface area (Å²) in [6, 6.07) is 11.2. The van der Waals surface area contributed by atoms with E-state index < -0.39 is 0 Å². The van der Waals surface area contributed by atoms with Gasteiger partial charge in [-0.25, -0.2) is 9.97 Å². The van der Waals surface area contributed by atoms with E-state index in [2.05, 4.69) is 37.0 Å². The fourth-order valence-corrected chi connectivity index (χ4v) is 4.71. The quantitative estimate of drug-likeness (QED) is 0.164. The number of hydrogen-bond acceptors (Lipinski definition) is 9. The Morgan fingerprint density at radius 3 is 2.47 bits per heavy atom. The van der Waals surface area contributed by atoms with Crippen LogP contribution in [0.15, 0.2) is 61.6 Å². The third-order valence-corrected chi connectivity index (χ3v) is 6.78. The molecule has 1 aliphatic rings. The van der Waals surface area contributed by atoms with Gasteiger partial charge >= 0.3 is 0 Å². The minimum absolute atomic E-state index is 0.373. The van der Waals surface area contributed by atoms with Crippen molar-refractivity contribution in [2.24, 2.45) is 0 Å². The maximum atomic E-state index is 11.4. The molecule has 0 unspecified atom stereocenters. The lowest BCUT2D eigenvalue weighted by atomic mass is 10.2. The molecule has 0 radical (unpaired) electrons. The summed E-state index contributed by atoms with van der Waals surface area (Å²) in [7, 11) is 5.26. The van der Waals surface area contributed by atoms with Crippen LogP contribution in [0, 0.1) is 0 Å². The number of imidazole rings is 1. The Morgan fingerprint density at radius 2 is 1.79 bits per heavy atom. The summed E-state index contributed by atoms with van der Waals surface area (Å²) in [4.78, 5) is 29.6. The number of carbonyl (C=O) groups is 1. The molecular formula is C32H44N8O3. The average molecular weight is 589 g/mol. The van der Waals surface area contributed by atoms with Gasteiger partial charge in [-0.1, -0.05) is 19.9 Å². The SMILES string of the molecule is C=CC.CC.COc1ccc2ncn(-c3ccnc(Nc4cc(NC=O)c(N(C)CCN5CCCC5)cc4OC)n3)c2c1. The van der Waals surface area contributed by atoms with E-state index in [9.17, 15) is 4.79 Å². The lowest BCUT2D eigenvalue weighted by Crippen LogP contribution is -2.31. The third-order valence-electron chi connectivity index (χ3n) is 6.78. The molecule has 2 N–H and O–H groups in total. The highest BCUT2D eigenvalue weighted by molar-refractivity contribution is 5.87. The average Bonchev–Trinajstić information content (AvgIpc) is 3.72. The molecule has 0 bridgehead atoms. The summed E-state index contributed by atoms with van der Waals surface area (Å²) in [5.41, 5.74) is 3.85. The molecule has 0 aliphatic carbocycles. The number of aromatic nitrogens is 4. The highest BCUT2D eigenvalue weighted by atomic mass is 16.5. The van der Waals surface area contributed by atoms with Crippen LogP contribution in [-0.2, 0) is 4.79 Å². The van der Waals surface area contributed by atoms with Crippen LogP contribution in [0.3, 0.4) is 0 Å². The number of rotatable bonds is 11. The number of methoxy groups -OCH3 is 2. The Hall–Kier alpha value is -4.64. The number of likely N-dealkylation sites (N-methyl/N-ethyl adjacent to an activating group) is 1. The number of amides is 1. The molecule has 2 aromatic carbocycles. The van der Waals surface area contributed by atoms with E-state index in [1.54, 1.807) is 38.9 Å². The number of allylic oxidation sites excluding steroid dienone is 1. The standard InChI is InChI=1S/C27H32N8O3.C3H6.C2H6/c1-33(12-13-34-10-4-5-11-34)23-16-25(38-3)22(15-21(23)30-18-36)31-27-28-9-8-26(32-27)35-17-29-20-7-6-19(37-2)14-24(20)35;1-3-2;1-2/h6-9,14-18H,4-5,10-13H2,1-3H3,(H,30,36)(H,28,31,32);3H,1H2,2H3;1-2H3. The Labute approximate surface area is 254 Å². The fourth-order valence-electron chi connectivity index (χ4n) is 4.71. The monoisotopic (exact) mass is 588 g/mol. The molecule has 1 fully saturated rings. The number of nitrogens with one attached hydrogen (secondary N) is 2. The number of likely N-dealkylation sites (tertiary alicyclic amines) is 1. The summed E-state index contributed by atoms with van der Waals surface area (Å²) in [6.07, 6.45) is 8.33. The molecule has 0 saturated carbocycles. The maximum absolute atomic E-state index is 11.4. The van der Waals surface area contributed by atoms with Crippen LogP contribution in [-0.4, -0.2) is 78.3 Å². The summed E-state index contributed by atoms with van der Waals surface area (Å²) < 4.78 is 13.0. The minimum Gasteiger partial charge on any atom is -0.497 e. The largest absolute Gasteiger partial charge is 0.497 e. The molecule has 4 aromatic rings. The van der Waals surface area contributed by atoms with Crippen molar-refractivity contribution < 1.29 is 14.3 Å². The lowest BCUT2D eigenvalue weighted by Gasteiger charge is -2.26. The predicted octanol–water partition coefficient (Wildman–Crippen LogP) is 5.90. The first-order chi connectivity index (χ1) is 21.0. The zero-order chi connectivity index (χ0) is 31.2. The molecule has 0 spiro atoms. The van der Waals surface area contributed by atoms with Gasteiger partial charge in [0.1, 0.15) is 23.6 Å². The molecule has 1 amide bonds. The molecule has 230 valence electrons. The van der Waals surface area contributed by atoms with Gasteiger partial charge in [0.05, 0.1) is 42.3 Å². The second-order valence-corrected chi connectivity index (χ2v) is 9.54. The summed E-state index contributed by atoms with van der Waals surface area (Å²) in [5.74, 6) is 2.35. The second-order valence-electron chi connectivity index (χ2n) is 9.54. The van der Waals surface area contributed by atoms with Crippen molar-refractivity contribution in [3.63, 3.8) is 0 Å². The third kappa shape index (κ3) is 8.45. The summed E-state index contributed by atoms with van der Waals surface area (Å²) in [5, 5.41) is 6.08. The number of anilines is 4. The van der Waals surface area contributed by atoms with Gasteiger partial charge in [0.2, 0.25) is 12.4 Å². The first-order valence-corrected chi connectivity index (χ1v) is 14.6. The first-order valence-electron chi connectivity index (χ1n) is 14.6. The lowest BCUT2D eigenvalue weighted by molar-refractivity contribution is -0.105. The number of carbonyl (C=O) groups excluding carboxylic acids is 1. The molecule has 1 saturated heterocycles. The number of fused-ring (bicyclic) bond motifs is 1. The number of nitrogens with zero attached hydrogens (tertiary/aromatic N) is 6. The maximum Gasteiger partial charge on any atom is 0.229 e. The van der Waals surface area contributed by atoms with Gasteiger partial charge in [-0.3, -0.25) is 9.36 Å². The first kappa shape index (κ1) is 32.9. The predicted molar refractivity (Wildman–Crippen MR) is 175 cm³/mol.